The molecular weight excluding hydrogens is 374 g/mol. The standard InChI is InChI=1S/C18H10F2N4O2S/c19-13-4-5-16(15(20)7-13)22-9-12(8-21)18-23-17(10-27-18)11-2-1-3-14(6-11)24(25)26/h1-7,9-10,22H. The molecule has 1 aromatic heterocycles. The zero-order chi connectivity index (χ0) is 19.4. The number of nitro groups is 1. The van der Waals surface area contributed by atoms with Gasteiger partial charge in [0, 0.05) is 35.3 Å². The number of nitro benzene ring substituents is 1. The van der Waals surface area contributed by atoms with Gasteiger partial charge in [0.25, 0.3) is 5.69 Å². The lowest BCUT2D eigenvalue weighted by molar-refractivity contribution is -0.384. The summed E-state index contributed by atoms with van der Waals surface area (Å²) in [7, 11) is 0. The molecule has 9 heteroatoms. The van der Waals surface area contributed by atoms with Gasteiger partial charge in [0.05, 0.1) is 16.3 Å². The Labute approximate surface area is 156 Å². The summed E-state index contributed by atoms with van der Waals surface area (Å²) in [4.78, 5) is 14.7. The molecule has 0 aliphatic heterocycles. The Balaban J connectivity index is 1.86. The second-order valence-corrected chi connectivity index (χ2v) is 6.14. The van der Waals surface area contributed by atoms with Gasteiger partial charge >= 0.3 is 0 Å². The smallest absolute Gasteiger partial charge is 0.270 e. The number of allylic oxidation sites excluding steroid dienone is 1. The molecule has 0 saturated heterocycles. The van der Waals surface area contributed by atoms with Crippen molar-refractivity contribution in [1.29, 1.82) is 5.26 Å². The Morgan fingerprint density at radius 1 is 1.30 bits per heavy atom. The van der Waals surface area contributed by atoms with Crippen LogP contribution in [-0.4, -0.2) is 9.91 Å². The average molecular weight is 384 g/mol. The van der Waals surface area contributed by atoms with Crippen molar-refractivity contribution < 1.29 is 13.7 Å². The summed E-state index contributed by atoms with van der Waals surface area (Å²) in [5.74, 6) is -1.50. The first-order valence-electron chi connectivity index (χ1n) is 7.50. The molecule has 0 spiro atoms. The van der Waals surface area contributed by atoms with Gasteiger partial charge in [-0.25, -0.2) is 13.8 Å². The Kier molecular flexibility index (Phi) is 5.19. The number of non-ortho nitro benzene ring substituents is 1. The van der Waals surface area contributed by atoms with Gasteiger partial charge in [-0.3, -0.25) is 10.1 Å². The van der Waals surface area contributed by atoms with E-state index in [1.54, 1.807) is 17.5 Å². The van der Waals surface area contributed by atoms with Crippen LogP contribution in [0.4, 0.5) is 20.2 Å². The second kappa shape index (κ2) is 7.72. The number of nitrogens with zero attached hydrogens (tertiary/aromatic N) is 3. The highest BCUT2D eigenvalue weighted by molar-refractivity contribution is 7.11. The van der Waals surface area contributed by atoms with Crippen molar-refractivity contribution in [3.63, 3.8) is 0 Å². The minimum absolute atomic E-state index is 0.0135. The first-order valence-corrected chi connectivity index (χ1v) is 8.38. The van der Waals surface area contributed by atoms with Gasteiger partial charge in [0.1, 0.15) is 28.3 Å². The lowest BCUT2D eigenvalue weighted by Crippen LogP contribution is -1.94. The molecule has 3 rings (SSSR count). The fourth-order valence-corrected chi connectivity index (χ4v) is 3.00. The summed E-state index contributed by atoms with van der Waals surface area (Å²) in [5.41, 5.74) is 1.11. The third-order valence-electron chi connectivity index (χ3n) is 3.51. The molecule has 0 atom stereocenters. The first kappa shape index (κ1) is 18.2. The number of nitriles is 1. The highest BCUT2D eigenvalue weighted by Crippen LogP contribution is 2.28. The van der Waals surface area contributed by atoms with E-state index >= 15 is 0 Å². The van der Waals surface area contributed by atoms with Crippen molar-refractivity contribution in [3.8, 4) is 17.3 Å². The highest BCUT2D eigenvalue weighted by atomic mass is 32.1. The van der Waals surface area contributed by atoms with Crippen LogP contribution in [0.5, 0.6) is 0 Å². The number of hydrogen-bond acceptors (Lipinski definition) is 6. The van der Waals surface area contributed by atoms with E-state index in [2.05, 4.69) is 10.3 Å². The molecule has 0 fully saturated rings. The molecule has 27 heavy (non-hydrogen) atoms. The summed E-state index contributed by atoms with van der Waals surface area (Å²) in [6.07, 6.45) is 1.27. The third kappa shape index (κ3) is 4.13. The van der Waals surface area contributed by atoms with Crippen molar-refractivity contribution in [2.75, 3.05) is 5.32 Å². The molecule has 0 amide bonds. The van der Waals surface area contributed by atoms with Crippen LogP contribution in [0, 0.1) is 33.1 Å². The molecule has 0 saturated carbocycles. The topological polar surface area (TPSA) is 91.8 Å². The van der Waals surface area contributed by atoms with Crippen LogP contribution in [0.15, 0.2) is 54.0 Å². The number of benzene rings is 2. The molecule has 3 aromatic rings. The van der Waals surface area contributed by atoms with Crippen LogP contribution in [0.25, 0.3) is 16.8 Å². The highest BCUT2D eigenvalue weighted by Gasteiger charge is 2.12. The Bertz CT molecular complexity index is 1090. The molecule has 1 heterocycles. The number of aromatic nitrogens is 1. The van der Waals surface area contributed by atoms with E-state index in [0.717, 1.165) is 12.1 Å². The quantitative estimate of drug-likeness (QED) is 0.381. The number of rotatable bonds is 5. The Hall–Kier alpha value is -3.64. The summed E-state index contributed by atoms with van der Waals surface area (Å²) < 4.78 is 26.6. The molecule has 1 N–H and O–H groups in total. The lowest BCUT2D eigenvalue weighted by atomic mass is 10.1. The van der Waals surface area contributed by atoms with Gasteiger partial charge in [-0.2, -0.15) is 5.26 Å². The SMILES string of the molecule is N#CC(=CNc1ccc(F)cc1F)c1nc(-c2cccc([N+](=O)[O-])c2)cs1. The van der Waals surface area contributed by atoms with Crippen LogP contribution < -0.4 is 5.32 Å². The van der Waals surface area contributed by atoms with Crippen LogP contribution >= 0.6 is 11.3 Å². The third-order valence-corrected chi connectivity index (χ3v) is 4.39. The van der Waals surface area contributed by atoms with E-state index in [4.69, 9.17) is 0 Å². The van der Waals surface area contributed by atoms with Gasteiger partial charge in [0.15, 0.2) is 0 Å². The second-order valence-electron chi connectivity index (χ2n) is 5.28. The zero-order valence-corrected chi connectivity index (χ0v) is 14.3. The van der Waals surface area contributed by atoms with E-state index in [9.17, 15) is 24.2 Å². The molecule has 6 nitrogen and oxygen atoms in total. The predicted molar refractivity (Wildman–Crippen MR) is 97.8 cm³/mol. The molecular formula is C18H10F2N4O2S. The zero-order valence-electron chi connectivity index (χ0n) is 13.5. The monoisotopic (exact) mass is 384 g/mol. The molecule has 2 aromatic carbocycles. The Morgan fingerprint density at radius 2 is 2.11 bits per heavy atom. The summed E-state index contributed by atoms with van der Waals surface area (Å²) in [5, 5.41) is 24.9. The van der Waals surface area contributed by atoms with Crippen LogP contribution in [-0.2, 0) is 0 Å². The van der Waals surface area contributed by atoms with Crippen molar-refractivity contribution in [1.82, 2.24) is 4.98 Å². The molecule has 0 unspecified atom stereocenters. The normalized spacial score (nSPS) is 11.1. The summed E-state index contributed by atoms with van der Waals surface area (Å²) in [6, 6.07) is 11.0. The largest absolute Gasteiger partial charge is 0.358 e. The van der Waals surface area contributed by atoms with E-state index in [-0.39, 0.29) is 16.9 Å². The van der Waals surface area contributed by atoms with E-state index < -0.39 is 16.6 Å². The number of nitrogens with one attached hydrogen (secondary N) is 1. The molecule has 0 aliphatic carbocycles. The van der Waals surface area contributed by atoms with Crippen molar-refractivity contribution >= 4 is 28.3 Å². The first-order chi connectivity index (χ1) is 13.0. The maximum Gasteiger partial charge on any atom is 0.270 e. The van der Waals surface area contributed by atoms with Gasteiger partial charge in [-0.15, -0.1) is 11.3 Å². The minimum atomic E-state index is -0.792. The van der Waals surface area contributed by atoms with Crippen molar-refractivity contribution in [2.24, 2.45) is 0 Å². The van der Waals surface area contributed by atoms with E-state index in [0.29, 0.717) is 16.3 Å². The van der Waals surface area contributed by atoms with Crippen LogP contribution in [0.3, 0.4) is 0 Å². The molecule has 134 valence electrons. The molecule has 0 radical (unpaired) electrons. The van der Waals surface area contributed by atoms with Crippen molar-refractivity contribution in [2.45, 2.75) is 0 Å². The summed E-state index contributed by atoms with van der Waals surface area (Å²) >= 11 is 1.17. The van der Waals surface area contributed by atoms with Gasteiger partial charge in [0.2, 0.25) is 0 Å². The van der Waals surface area contributed by atoms with Gasteiger partial charge in [-0.1, -0.05) is 12.1 Å². The average Bonchev–Trinajstić information content (AvgIpc) is 3.14. The lowest BCUT2D eigenvalue weighted by Gasteiger charge is -2.03. The van der Waals surface area contributed by atoms with E-state index in [1.807, 2.05) is 6.07 Å². The molecule has 0 aliphatic rings. The van der Waals surface area contributed by atoms with Gasteiger partial charge in [-0.05, 0) is 12.1 Å². The number of halogens is 2. The Morgan fingerprint density at radius 3 is 2.81 bits per heavy atom. The summed E-state index contributed by atoms with van der Waals surface area (Å²) in [6.45, 7) is 0. The minimum Gasteiger partial charge on any atom is -0.358 e. The fourth-order valence-electron chi connectivity index (χ4n) is 2.21. The number of hydrogen-bond donors (Lipinski definition) is 1. The fraction of sp³-hybridized carbons (Fsp3) is 0. The van der Waals surface area contributed by atoms with Crippen LogP contribution in [0.1, 0.15) is 5.01 Å². The number of thiazole rings is 1. The molecule has 0 bridgehead atoms. The maximum absolute atomic E-state index is 13.7. The van der Waals surface area contributed by atoms with Crippen LogP contribution in [0.2, 0.25) is 0 Å². The predicted octanol–water partition coefficient (Wildman–Crippen LogP) is 4.97. The maximum atomic E-state index is 13.7. The van der Waals surface area contributed by atoms with Gasteiger partial charge < -0.3 is 5.32 Å². The number of anilines is 1. The van der Waals surface area contributed by atoms with E-state index in [1.165, 1.54) is 35.7 Å². The van der Waals surface area contributed by atoms with Crippen molar-refractivity contribution in [3.05, 3.63) is 80.8 Å².